The summed E-state index contributed by atoms with van der Waals surface area (Å²) in [4.78, 5) is 5.77. The molecule has 1 aliphatic rings. The molecule has 0 atom stereocenters. The van der Waals surface area contributed by atoms with Crippen LogP contribution in [-0.2, 0) is 6.42 Å². The van der Waals surface area contributed by atoms with Crippen LogP contribution in [0, 0.1) is 0 Å². The molecule has 0 radical (unpaired) electrons. The summed E-state index contributed by atoms with van der Waals surface area (Å²) in [5, 5.41) is 0. The van der Waals surface area contributed by atoms with E-state index in [0.29, 0.717) is 0 Å². The molecule has 2 heteroatoms. The van der Waals surface area contributed by atoms with Crippen LogP contribution in [-0.4, -0.2) is 10.7 Å². The van der Waals surface area contributed by atoms with Crippen LogP contribution in [0.15, 0.2) is 35.4 Å². The molecule has 0 aromatic carbocycles. The van der Waals surface area contributed by atoms with E-state index in [1.807, 2.05) is 30.1 Å². The smallest absolute Gasteiger partial charge is 0.0452 e. The predicted molar refractivity (Wildman–Crippen MR) is 53.1 cm³/mol. The molecule has 62 valence electrons. The van der Waals surface area contributed by atoms with Crippen LogP contribution in [0.3, 0.4) is 0 Å². The lowest BCUT2D eigenvalue weighted by Gasteiger charge is -1.99. The molecule has 0 bridgehead atoms. The lowest BCUT2D eigenvalue weighted by atomic mass is 10.2. The van der Waals surface area contributed by atoms with Crippen molar-refractivity contribution in [3.8, 4) is 0 Å². The summed E-state index contributed by atoms with van der Waals surface area (Å²) in [6.07, 6.45) is 6.42. The molecule has 0 amide bonds. The second-order valence-electron chi connectivity index (χ2n) is 2.81. The first-order chi connectivity index (χ1) is 5.95. The van der Waals surface area contributed by atoms with Gasteiger partial charge < -0.3 is 0 Å². The van der Waals surface area contributed by atoms with E-state index in [1.54, 1.807) is 0 Å². The quantitative estimate of drug-likeness (QED) is 0.688. The Morgan fingerprint density at radius 1 is 1.42 bits per heavy atom. The molecule has 2 rings (SSSR count). The molecule has 0 aliphatic carbocycles. The van der Waals surface area contributed by atoms with Gasteiger partial charge in [0.05, 0.1) is 0 Å². The standard InChI is InChI=1S/C10H11NS/c1-2-6-11-9(4-1)8-10-5-3-7-12-10/h1-2,4-6H,3,7-8H2. The fourth-order valence-corrected chi connectivity index (χ4v) is 2.26. The zero-order valence-corrected chi connectivity index (χ0v) is 7.68. The molecule has 0 saturated carbocycles. The van der Waals surface area contributed by atoms with Gasteiger partial charge in [-0.15, -0.1) is 11.8 Å². The molecule has 12 heavy (non-hydrogen) atoms. The Bertz CT molecular complexity index is 279. The number of aromatic nitrogens is 1. The molecule has 0 fully saturated rings. The van der Waals surface area contributed by atoms with Crippen molar-refractivity contribution in [1.29, 1.82) is 0 Å². The zero-order chi connectivity index (χ0) is 8.23. The number of hydrogen-bond donors (Lipinski definition) is 0. The first-order valence-electron chi connectivity index (χ1n) is 4.17. The predicted octanol–water partition coefficient (Wildman–Crippen LogP) is 2.64. The van der Waals surface area contributed by atoms with Crippen molar-refractivity contribution in [2.45, 2.75) is 12.8 Å². The first-order valence-corrected chi connectivity index (χ1v) is 5.15. The first kappa shape index (κ1) is 7.87. The molecule has 0 unspecified atom stereocenters. The molecule has 0 N–H and O–H groups in total. The van der Waals surface area contributed by atoms with Gasteiger partial charge in [-0.05, 0) is 23.5 Å². The van der Waals surface area contributed by atoms with Crippen molar-refractivity contribution in [2.24, 2.45) is 0 Å². The number of pyridine rings is 1. The highest BCUT2D eigenvalue weighted by Gasteiger charge is 2.05. The van der Waals surface area contributed by atoms with Gasteiger partial charge >= 0.3 is 0 Å². The van der Waals surface area contributed by atoms with E-state index in [2.05, 4.69) is 17.1 Å². The largest absolute Gasteiger partial charge is 0.261 e. The Labute approximate surface area is 76.9 Å². The van der Waals surface area contributed by atoms with Gasteiger partial charge in [0.15, 0.2) is 0 Å². The van der Waals surface area contributed by atoms with Gasteiger partial charge in [-0.2, -0.15) is 0 Å². The van der Waals surface area contributed by atoms with E-state index in [9.17, 15) is 0 Å². The Hall–Kier alpha value is -0.760. The molecular formula is C10H11NS. The number of rotatable bonds is 2. The Balaban J connectivity index is 2.04. The van der Waals surface area contributed by atoms with Gasteiger partial charge in [0, 0.05) is 24.1 Å². The third-order valence-electron chi connectivity index (χ3n) is 1.86. The molecule has 0 spiro atoms. The van der Waals surface area contributed by atoms with Crippen molar-refractivity contribution in [3.63, 3.8) is 0 Å². The van der Waals surface area contributed by atoms with Crippen LogP contribution in [0.25, 0.3) is 0 Å². The summed E-state index contributed by atoms with van der Waals surface area (Å²) in [5.41, 5.74) is 1.18. The third kappa shape index (κ3) is 1.89. The maximum absolute atomic E-state index is 4.29. The summed E-state index contributed by atoms with van der Waals surface area (Å²) in [5.74, 6) is 1.25. The summed E-state index contributed by atoms with van der Waals surface area (Å²) < 4.78 is 0. The van der Waals surface area contributed by atoms with Crippen molar-refractivity contribution in [3.05, 3.63) is 41.1 Å². The van der Waals surface area contributed by atoms with Crippen LogP contribution < -0.4 is 0 Å². The van der Waals surface area contributed by atoms with Gasteiger partial charge in [0.1, 0.15) is 0 Å². The fraction of sp³-hybridized carbons (Fsp3) is 0.300. The van der Waals surface area contributed by atoms with Crippen molar-refractivity contribution < 1.29 is 0 Å². The van der Waals surface area contributed by atoms with Crippen molar-refractivity contribution in [1.82, 2.24) is 4.98 Å². The highest BCUT2D eigenvalue weighted by molar-refractivity contribution is 8.03. The van der Waals surface area contributed by atoms with Crippen LogP contribution in [0.2, 0.25) is 0 Å². The molecule has 2 heterocycles. The highest BCUT2D eigenvalue weighted by atomic mass is 32.2. The van der Waals surface area contributed by atoms with E-state index >= 15 is 0 Å². The van der Waals surface area contributed by atoms with E-state index in [4.69, 9.17) is 0 Å². The maximum atomic E-state index is 4.29. The lowest BCUT2D eigenvalue weighted by Crippen LogP contribution is -1.88. The monoisotopic (exact) mass is 177 g/mol. The Morgan fingerprint density at radius 3 is 3.08 bits per heavy atom. The second kappa shape index (κ2) is 3.76. The molecular weight excluding hydrogens is 166 g/mol. The van der Waals surface area contributed by atoms with Crippen LogP contribution in [0.1, 0.15) is 12.1 Å². The van der Waals surface area contributed by atoms with Crippen LogP contribution in [0.4, 0.5) is 0 Å². The van der Waals surface area contributed by atoms with Crippen molar-refractivity contribution >= 4 is 11.8 Å². The molecule has 0 saturated heterocycles. The van der Waals surface area contributed by atoms with Crippen LogP contribution in [0.5, 0.6) is 0 Å². The summed E-state index contributed by atoms with van der Waals surface area (Å²) in [7, 11) is 0. The summed E-state index contributed by atoms with van der Waals surface area (Å²) in [6, 6.07) is 6.09. The maximum Gasteiger partial charge on any atom is 0.0452 e. The van der Waals surface area contributed by atoms with Crippen molar-refractivity contribution in [2.75, 3.05) is 5.75 Å². The average Bonchev–Trinajstić information content (AvgIpc) is 2.59. The van der Waals surface area contributed by atoms with E-state index in [1.165, 1.54) is 22.8 Å². The molecule has 1 nitrogen and oxygen atoms in total. The number of nitrogens with zero attached hydrogens (tertiary/aromatic N) is 1. The average molecular weight is 177 g/mol. The Kier molecular flexibility index (Phi) is 2.47. The minimum atomic E-state index is 1.02. The van der Waals surface area contributed by atoms with Gasteiger partial charge in [-0.3, -0.25) is 4.98 Å². The van der Waals surface area contributed by atoms with E-state index < -0.39 is 0 Å². The normalized spacial score (nSPS) is 16.2. The SMILES string of the molecule is C1=C(Cc2ccccn2)SCC1. The van der Waals surface area contributed by atoms with Crippen LogP contribution >= 0.6 is 11.8 Å². The van der Waals surface area contributed by atoms with E-state index in [-0.39, 0.29) is 0 Å². The fourth-order valence-electron chi connectivity index (χ4n) is 1.27. The Morgan fingerprint density at radius 2 is 2.42 bits per heavy atom. The number of allylic oxidation sites excluding steroid dienone is 2. The second-order valence-corrected chi connectivity index (χ2v) is 4.03. The molecule has 1 aromatic rings. The van der Waals surface area contributed by atoms with E-state index in [0.717, 1.165) is 6.42 Å². The topological polar surface area (TPSA) is 12.9 Å². The number of thioether (sulfide) groups is 1. The zero-order valence-electron chi connectivity index (χ0n) is 6.86. The summed E-state index contributed by atoms with van der Waals surface area (Å²) >= 11 is 1.96. The van der Waals surface area contributed by atoms with Gasteiger partial charge in [-0.25, -0.2) is 0 Å². The van der Waals surface area contributed by atoms with Gasteiger partial charge in [0.25, 0.3) is 0 Å². The minimum absolute atomic E-state index is 1.02. The number of hydrogen-bond acceptors (Lipinski definition) is 2. The molecule has 1 aliphatic heterocycles. The van der Waals surface area contributed by atoms with Gasteiger partial charge in [0.2, 0.25) is 0 Å². The third-order valence-corrected chi connectivity index (χ3v) is 2.98. The molecule has 1 aromatic heterocycles. The summed E-state index contributed by atoms with van der Waals surface area (Å²) in [6.45, 7) is 0. The van der Waals surface area contributed by atoms with Gasteiger partial charge in [-0.1, -0.05) is 12.1 Å². The highest BCUT2D eigenvalue weighted by Crippen LogP contribution is 2.26. The minimum Gasteiger partial charge on any atom is -0.261 e. The lowest BCUT2D eigenvalue weighted by molar-refractivity contribution is 1.09.